The van der Waals surface area contributed by atoms with Crippen molar-refractivity contribution in [2.75, 3.05) is 6.61 Å². The lowest BCUT2D eigenvalue weighted by Crippen LogP contribution is -2.36. The first-order valence-electron chi connectivity index (χ1n) is 4.25. The Morgan fingerprint density at radius 1 is 1.53 bits per heavy atom. The molecular formula is C10H10N2O3. The van der Waals surface area contributed by atoms with Crippen LogP contribution in [0.5, 0.6) is 5.75 Å². The summed E-state index contributed by atoms with van der Waals surface area (Å²) in [6, 6.07) is 7.27. The maximum atomic E-state index is 10.4. The molecule has 1 rings (SSSR count). The van der Waals surface area contributed by atoms with Gasteiger partial charge in [0, 0.05) is 0 Å². The van der Waals surface area contributed by atoms with Gasteiger partial charge in [0.25, 0.3) is 0 Å². The Labute approximate surface area is 86.7 Å². The molecule has 1 aromatic carbocycles. The number of nitriles is 1. The summed E-state index contributed by atoms with van der Waals surface area (Å²) in [6.45, 7) is -0.0960. The van der Waals surface area contributed by atoms with Gasteiger partial charge in [-0.15, -0.1) is 0 Å². The van der Waals surface area contributed by atoms with E-state index in [4.69, 9.17) is 20.8 Å². The lowest BCUT2D eigenvalue weighted by atomic mass is 10.2. The molecule has 3 N–H and O–H groups in total. The summed E-state index contributed by atoms with van der Waals surface area (Å²) in [5.74, 6) is -0.616. The molecule has 1 atom stereocenters. The van der Waals surface area contributed by atoms with Crippen LogP contribution in [0.15, 0.2) is 24.3 Å². The monoisotopic (exact) mass is 206 g/mol. The summed E-state index contributed by atoms with van der Waals surface area (Å²) >= 11 is 0. The summed E-state index contributed by atoms with van der Waals surface area (Å²) in [4.78, 5) is 10.4. The topological polar surface area (TPSA) is 96.3 Å². The van der Waals surface area contributed by atoms with Gasteiger partial charge in [-0.1, -0.05) is 0 Å². The molecule has 1 unspecified atom stereocenters. The number of carboxylic acids is 1. The van der Waals surface area contributed by atoms with Crippen molar-refractivity contribution in [2.24, 2.45) is 5.73 Å². The van der Waals surface area contributed by atoms with Crippen LogP contribution in [0, 0.1) is 11.3 Å². The lowest BCUT2D eigenvalue weighted by molar-refractivity contribution is -0.139. The molecule has 0 spiro atoms. The zero-order chi connectivity index (χ0) is 11.3. The first kappa shape index (κ1) is 11.0. The number of hydrogen-bond acceptors (Lipinski definition) is 4. The minimum absolute atomic E-state index is 0.0960. The molecule has 5 heteroatoms. The van der Waals surface area contributed by atoms with Gasteiger partial charge in [0.2, 0.25) is 0 Å². The largest absolute Gasteiger partial charge is 0.491 e. The second-order valence-corrected chi connectivity index (χ2v) is 2.89. The van der Waals surface area contributed by atoms with Crippen molar-refractivity contribution in [2.45, 2.75) is 6.04 Å². The fourth-order valence-corrected chi connectivity index (χ4v) is 0.883. The minimum Gasteiger partial charge on any atom is -0.491 e. The third kappa shape index (κ3) is 3.29. The first-order chi connectivity index (χ1) is 7.13. The molecule has 0 saturated carbocycles. The molecule has 0 aromatic heterocycles. The second-order valence-electron chi connectivity index (χ2n) is 2.89. The SMILES string of the molecule is N#Cc1ccc(OCC(N)C(=O)O)cc1. The van der Waals surface area contributed by atoms with Crippen molar-refractivity contribution in [1.82, 2.24) is 0 Å². The molecule has 0 radical (unpaired) electrons. The molecule has 0 amide bonds. The molecule has 0 bridgehead atoms. The molecule has 5 nitrogen and oxygen atoms in total. The second kappa shape index (κ2) is 4.98. The third-order valence-electron chi connectivity index (χ3n) is 1.73. The molecular weight excluding hydrogens is 196 g/mol. The van der Waals surface area contributed by atoms with Gasteiger partial charge in [-0.25, -0.2) is 0 Å². The van der Waals surface area contributed by atoms with E-state index < -0.39 is 12.0 Å². The highest BCUT2D eigenvalue weighted by molar-refractivity contribution is 5.73. The zero-order valence-electron chi connectivity index (χ0n) is 7.88. The number of nitrogens with zero attached hydrogens (tertiary/aromatic N) is 1. The van der Waals surface area contributed by atoms with Gasteiger partial charge in [-0.05, 0) is 24.3 Å². The van der Waals surface area contributed by atoms with Gasteiger partial charge in [0.05, 0.1) is 11.6 Å². The van der Waals surface area contributed by atoms with Crippen LogP contribution in [0.4, 0.5) is 0 Å². The lowest BCUT2D eigenvalue weighted by Gasteiger charge is -2.08. The van der Waals surface area contributed by atoms with Crippen LogP contribution in [0.3, 0.4) is 0 Å². The third-order valence-corrected chi connectivity index (χ3v) is 1.73. The van der Waals surface area contributed by atoms with Crippen LogP contribution in [0.2, 0.25) is 0 Å². The van der Waals surface area contributed by atoms with E-state index in [2.05, 4.69) is 0 Å². The first-order valence-corrected chi connectivity index (χ1v) is 4.25. The van der Waals surface area contributed by atoms with E-state index >= 15 is 0 Å². The number of ether oxygens (including phenoxy) is 1. The Kier molecular flexibility index (Phi) is 3.66. The molecule has 0 aliphatic heterocycles. The predicted molar refractivity (Wildman–Crippen MR) is 52.3 cm³/mol. The highest BCUT2D eigenvalue weighted by Gasteiger charge is 2.11. The van der Waals surface area contributed by atoms with Crippen molar-refractivity contribution in [3.63, 3.8) is 0 Å². The molecule has 0 aliphatic rings. The van der Waals surface area contributed by atoms with E-state index in [0.29, 0.717) is 11.3 Å². The summed E-state index contributed by atoms with van der Waals surface area (Å²) < 4.78 is 5.11. The Bertz CT molecular complexity index is 381. The van der Waals surface area contributed by atoms with E-state index in [0.717, 1.165) is 0 Å². The zero-order valence-corrected chi connectivity index (χ0v) is 7.88. The van der Waals surface area contributed by atoms with E-state index in [-0.39, 0.29) is 6.61 Å². The fourth-order valence-electron chi connectivity index (χ4n) is 0.883. The van der Waals surface area contributed by atoms with E-state index in [1.165, 1.54) is 0 Å². The van der Waals surface area contributed by atoms with Crippen molar-refractivity contribution in [3.8, 4) is 11.8 Å². The standard InChI is InChI=1S/C10H10N2O3/c11-5-7-1-3-8(4-2-7)15-6-9(12)10(13)14/h1-4,9H,6,12H2,(H,13,14). The van der Waals surface area contributed by atoms with Crippen molar-refractivity contribution in [3.05, 3.63) is 29.8 Å². The molecule has 15 heavy (non-hydrogen) atoms. The molecule has 0 heterocycles. The Morgan fingerprint density at radius 2 is 2.13 bits per heavy atom. The van der Waals surface area contributed by atoms with Gasteiger partial charge in [0.15, 0.2) is 0 Å². The Balaban J connectivity index is 2.52. The maximum absolute atomic E-state index is 10.4. The summed E-state index contributed by atoms with van der Waals surface area (Å²) in [5, 5.41) is 17.0. The fraction of sp³-hybridized carbons (Fsp3) is 0.200. The summed E-state index contributed by atoms with van der Waals surface area (Å²) in [5.41, 5.74) is 5.76. The Hall–Kier alpha value is -2.06. The van der Waals surface area contributed by atoms with Crippen LogP contribution in [0.25, 0.3) is 0 Å². The minimum atomic E-state index is -1.11. The van der Waals surface area contributed by atoms with Gasteiger partial charge < -0.3 is 15.6 Å². The molecule has 1 aromatic rings. The van der Waals surface area contributed by atoms with Crippen molar-refractivity contribution < 1.29 is 14.6 Å². The molecule has 78 valence electrons. The number of benzene rings is 1. The molecule has 0 aliphatic carbocycles. The number of nitrogens with two attached hydrogens (primary N) is 1. The number of carboxylic acid groups (broad SMARTS) is 1. The van der Waals surface area contributed by atoms with Crippen molar-refractivity contribution in [1.29, 1.82) is 5.26 Å². The molecule has 0 saturated heterocycles. The highest BCUT2D eigenvalue weighted by Crippen LogP contribution is 2.11. The van der Waals surface area contributed by atoms with Gasteiger partial charge in [-0.3, -0.25) is 4.79 Å². The van der Waals surface area contributed by atoms with Crippen LogP contribution in [-0.2, 0) is 4.79 Å². The smallest absolute Gasteiger partial charge is 0.324 e. The number of hydrogen-bond donors (Lipinski definition) is 2. The number of aliphatic carboxylic acids is 1. The average Bonchev–Trinajstić information content (AvgIpc) is 2.26. The van der Waals surface area contributed by atoms with E-state index in [9.17, 15) is 4.79 Å². The quantitative estimate of drug-likeness (QED) is 0.740. The van der Waals surface area contributed by atoms with E-state index in [1.807, 2.05) is 6.07 Å². The van der Waals surface area contributed by atoms with Crippen LogP contribution < -0.4 is 10.5 Å². The van der Waals surface area contributed by atoms with Crippen LogP contribution >= 0.6 is 0 Å². The summed E-state index contributed by atoms with van der Waals surface area (Å²) in [6.07, 6.45) is 0. The highest BCUT2D eigenvalue weighted by atomic mass is 16.5. The number of rotatable bonds is 4. The molecule has 0 fully saturated rings. The van der Waals surface area contributed by atoms with Crippen LogP contribution in [0.1, 0.15) is 5.56 Å². The van der Waals surface area contributed by atoms with E-state index in [1.54, 1.807) is 24.3 Å². The van der Waals surface area contributed by atoms with Gasteiger partial charge in [0.1, 0.15) is 18.4 Å². The Morgan fingerprint density at radius 3 is 2.60 bits per heavy atom. The number of carbonyl (C=O) groups is 1. The normalized spacial score (nSPS) is 11.5. The predicted octanol–water partition coefficient (Wildman–Crippen LogP) is 0.349. The van der Waals surface area contributed by atoms with Gasteiger partial charge in [-0.2, -0.15) is 5.26 Å². The van der Waals surface area contributed by atoms with Crippen molar-refractivity contribution >= 4 is 5.97 Å². The summed E-state index contributed by atoms with van der Waals surface area (Å²) in [7, 11) is 0. The average molecular weight is 206 g/mol. The van der Waals surface area contributed by atoms with Gasteiger partial charge >= 0.3 is 5.97 Å². The maximum Gasteiger partial charge on any atom is 0.324 e. The van der Waals surface area contributed by atoms with Crippen LogP contribution in [-0.4, -0.2) is 23.7 Å².